The molecule has 1 aromatic heterocycles. The van der Waals surface area contributed by atoms with Crippen LogP contribution in [0.25, 0.3) is 0 Å². The number of carbonyl (C=O) groups is 3. The minimum absolute atomic E-state index is 0.0435. The molecule has 1 aliphatic carbocycles. The number of nitrogens with one attached hydrogen (secondary N) is 1. The monoisotopic (exact) mass is 423 g/mol. The number of urea groups is 1. The van der Waals surface area contributed by atoms with Gasteiger partial charge in [0.05, 0.1) is 17.8 Å². The number of carbonyl (C=O) groups excluding carboxylic acids is 3. The molecule has 0 radical (unpaired) electrons. The number of sulfone groups is 1. The molecule has 2 aliphatic heterocycles. The smallest absolute Gasteiger partial charge is 0.325 e. The highest BCUT2D eigenvalue weighted by Crippen LogP contribution is 2.32. The van der Waals surface area contributed by atoms with Crippen molar-refractivity contribution in [1.82, 2.24) is 15.1 Å². The van der Waals surface area contributed by atoms with Gasteiger partial charge < -0.3 is 14.6 Å². The Morgan fingerprint density at radius 3 is 2.59 bits per heavy atom. The van der Waals surface area contributed by atoms with Crippen molar-refractivity contribution in [2.45, 2.75) is 56.7 Å². The third-order valence-corrected chi connectivity index (χ3v) is 7.94. The van der Waals surface area contributed by atoms with Gasteiger partial charge in [-0.2, -0.15) is 0 Å². The van der Waals surface area contributed by atoms with Crippen molar-refractivity contribution in [3.8, 4) is 0 Å². The molecule has 2 unspecified atom stereocenters. The zero-order valence-electron chi connectivity index (χ0n) is 16.3. The number of hydrogen-bond acceptors (Lipinski definition) is 6. The fourth-order valence-corrected chi connectivity index (χ4v) is 6.38. The second-order valence-electron chi connectivity index (χ2n) is 8.22. The number of furan rings is 1. The van der Waals surface area contributed by atoms with Crippen LogP contribution in [-0.2, 0) is 25.0 Å². The van der Waals surface area contributed by atoms with Crippen molar-refractivity contribution in [1.29, 1.82) is 0 Å². The van der Waals surface area contributed by atoms with Gasteiger partial charge in [-0.15, -0.1) is 0 Å². The van der Waals surface area contributed by atoms with E-state index in [9.17, 15) is 22.8 Å². The zero-order chi connectivity index (χ0) is 20.8. The summed E-state index contributed by atoms with van der Waals surface area (Å²) in [4.78, 5) is 41.2. The zero-order valence-corrected chi connectivity index (χ0v) is 17.1. The molecule has 0 spiro atoms. The van der Waals surface area contributed by atoms with Gasteiger partial charge in [0.15, 0.2) is 15.4 Å². The number of imide groups is 1. The van der Waals surface area contributed by atoms with Gasteiger partial charge in [-0.1, -0.05) is 12.8 Å². The Hall–Kier alpha value is -2.36. The molecule has 4 rings (SSSR count). The Bertz CT molecular complexity index is 922. The van der Waals surface area contributed by atoms with Crippen molar-refractivity contribution in [3.05, 3.63) is 24.2 Å². The molecule has 29 heavy (non-hydrogen) atoms. The molecule has 3 aliphatic rings. The van der Waals surface area contributed by atoms with E-state index in [2.05, 4.69) is 5.32 Å². The van der Waals surface area contributed by atoms with Crippen LogP contribution in [0.1, 0.15) is 44.8 Å². The normalized spacial score (nSPS) is 29.4. The number of hydrogen-bond donors (Lipinski definition) is 1. The minimum atomic E-state index is -3.17. The lowest BCUT2D eigenvalue weighted by Crippen LogP contribution is -2.51. The van der Waals surface area contributed by atoms with E-state index in [1.165, 1.54) is 13.2 Å². The Morgan fingerprint density at radius 1 is 1.28 bits per heavy atom. The maximum atomic E-state index is 13.2. The van der Waals surface area contributed by atoms with E-state index in [0.717, 1.165) is 30.6 Å². The van der Waals surface area contributed by atoms with Crippen LogP contribution in [0.4, 0.5) is 4.79 Å². The summed E-state index contributed by atoms with van der Waals surface area (Å²) in [5.74, 6) is -0.643. The molecule has 0 aromatic carbocycles. The second kappa shape index (κ2) is 7.16. The molecule has 2 atom stereocenters. The summed E-state index contributed by atoms with van der Waals surface area (Å²) < 4.78 is 29.2. The highest BCUT2D eigenvalue weighted by atomic mass is 32.2. The van der Waals surface area contributed by atoms with E-state index >= 15 is 0 Å². The number of rotatable bonds is 5. The third kappa shape index (κ3) is 3.54. The van der Waals surface area contributed by atoms with E-state index in [1.54, 1.807) is 17.0 Å². The van der Waals surface area contributed by atoms with E-state index in [1.807, 2.05) is 0 Å². The lowest BCUT2D eigenvalue weighted by Gasteiger charge is -2.35. The lowest BCUT2D eigenvalue weighted by molar-refractivity contribution is -0.141. The fourth-order valence-electron chi connectivity index (χ4n) is 4.67. The first-order valence-corrected chi connectivity index (χ1v) is 11.7. The van der Waals surface area contributed by atoms with E-state index in [0.29, 0.717) is 12.2 Å². The van der Waals surface area contributed by atoms with E-state index < -0.39 is 39.9 Å². The SMILES string of the molecule is CC1(c2ccco2)NC(=O)N(CC(=O)N(C2CCCC2)C2CCS(=O)(=O)C2)C1=O. The van der Waals surface area contributed by atoms with Crippen molar-refractivity contribution in [3.63, 3.8) is 0 Å². The Labute approximate surface area is 169 Å². The summed E-state index contributed by atoms with van der Waals surface area (Å²) in [5, 5.41) is 2.61. The van der Waals surface area contributed by atoms with Crippen LogP contribution in [0.15, 0.2) is 22.8 Å². The molecule has 9 nitrogen and oxygen atoms in total. The minimum Gasteiger partial charge on any atom is -0.466 e. The molecule has 4 amide bonds. The Balaban J connectivity index is 1.54. The van der Waals surface area contributed by atoms with Crippen molar-refractivity contribution in [2.75, 3.05) is 18.1 Å². The first kappa shape index (κ1) is 19.9. The summed E-state index contributed by atoms with van der Waals surface area (Å²) in [7, 11) is -3.17. The van der Waals surface area contributed by atoms with Crippen LogP contribution in [-0.4, -0.2) is 66.2 Å². The van der Waals surface area contributed by atoms with Gasteiger partial charge in [0.2, 0.25) is 5.91 Å². The van der Waals surface area contributed by atoms with Crippen LogP contribution in [0.3, 0.4) is 0 Å². The molecule has 3 heterocycles. The summed E-state index contributed by atoms with van der Waals surface area (Å²) in [6.07, 6.45) is 5.39. The van der Waals surface area contributed by atoms with Gasteiger partial charge in [0.1, 0.15) is 12.3 Å². The van der Waals surface area contributed by atoms with Gasteiger partial charge in [0, 0.05) is 12.1 Å². The molecule has 1 aromatic rings. The maximum Gasteiger partial charge on any atom is 0.325 e. The maximum absolute atomic E-state index is 13.2. The topological polar surface area (TPSA) is 117 Å². The van der Waals surface area contributed by atoms with Crippen LogP contribution in [0.2, 0.25) is 0 Å². The van der Waals surface area contributed by atoms with E-state index in [-0.39, 0.29) is 23.5 Å². The number of amides is 4. The molecule has 2 saturated heterocycles. The fraction of sp³-hybridized carbons (Fsp3) is 0.632. The van der Waals surface area contributed by atoms with Gasteiger partial charge in [-0.25, -0.2) is 13.2 Å². The van der Waals surface area contributed by atoms with Crippen LogP contribution < -0.4 is 5.32 Å². The first-order valence-electron chi connectivity index (χ1n) is 9.91. The quantitative estimate of drug-likeness (QED) is 0.707. The van der Waals surface area contributed by atoms with Gasteiger partial charge in [-0.3, -0.25) is 14.5 Å². The predicted octanol–water partition coefficient (Wildman–Crippen LogP) is 1.00. The molecule has 0 bridgehead atoms. The highest BCUT2D eigenvalue weighted by molar-refractivity contribution is 7.91. The van der Waals surface area contributed by atoms with Crippen LogP contribution in [0.5, 0.6) is 0 Å². The summed E-state index contributed by atoms with van der Waals surface area (Å²) in [6, 6.07) is 2.12. The average Bonchev–Trinajstić information content (AvgIpc) is 3.43. The Morgan fingerprint density at radius 2 is 2.00 bits per heavy atom. The third-order valence-electron chi connectivity index (χ3n) is 6.19. The molecule has 3 fully saturated rings. The van der Waals surface area contributed by atoms with Crippen LogP contribution >= 0.6 is 0 Å². The second-order valence-corrected chi connectivity index (χ2v) is 10.4. The van der Waals surface area contributed by atoms with Gasteiger partial charge in [-0.05, 0) is 38.3 Å². The molecule has 158 valence electrons. The first-order chi connectivity index (χ1) is 13.7. The van der Waals surface area contributed by atoms with Gasteiger partial charge >= 0.3 is 6.03 Å². The van der Waals surface area contributed by atoms with Crippen molar-refractivity contribution in [2.24, 2.45) is 0 Å². The summed E-state index contributed by atoms with van der Waals surface area (Å²) in [6.45, 7) is 1.13. The number of nitrogens with zero attached hydrogens (tertiary/aromatic N) is 2. The molecular weight excluding hydrogens is 398 g/mol. The molecule has 1 saturated carbocycles. The van der Waals surface area contributed by atoms with Crippen molar-refractivity contribution < 1.29 is 27.2 Å². The van der Waals surface area contributed by atoms with Crippen molar-refractivity contribution >= 4 is 27.7 Å². The lowest BCUT2D eigenvalue weighted by atomic mass is 9.99. The average molecular weight is 423 g/mol. The van der Waals surface area contributed by atoms with Crippen LogP contribution in [0, 0.1) is 0 Å². The largest absolute Gasteiger partial charge is 0.466 e. The molecular formula is C19H25N3O6S. The van der Waals surface area contributed by atoms with E-state index in [4.69, 9.17) is 4.42 Å². The highest BCUT2D eigenvalue weighted by Gasteiger charge is 2.52. The Kier molecular flexibility index (Phi) is 4.92. The molecule has 1 N–H and O–H groups in total. The molecule has 10 heteroatoms. The summed E-state index contributed by atoms with van der Waals surface area (Å²) >= 11 is 0. The standard InChI is InChI=1S/C19H25N3O6S/c1-19(15-7-4-9-28-15)17(24)21(18(25)20-19)11-16(23)22(13-5-2-3-6-13)14-8-10-29(26,27)12-14/h4,7,9,13-14H,2-3,5-6,8,10-12H2,1H3,(H,20,25). The van der Waals surface area contributed by atoms with Gasteiger partial charge in [0.25, 0.3) is 5.91 Å². The predicted molar refractivity (Wildman–Crippen MR) is 102 cm³/mol. The summed E-state index contributed by atoms with van der Waals surface area (Å²) in [5.41, 5.74) is -1.37.